The third-order valence-corrected chi connectivity index (χ3v) is 5.72. The zero-order valence-corrected chi connectivity index (χ0v) is 17.0. The van der Waals surface area contributed by atoms with Crippen LogP contribution in [0.5, 0.6) is 0 Å². The lowest BCUT2D eigenvalue weighted by molar-refractivity contribution is -0.131. The SMILES string of the molecule is CC(C)C[C@]1(C)NC(=O)N(CC(=O)c2ccc(N(C)S(C)(=O)=O)cc2)C1=O. The number of ketones is 1. The third kappa shape index (κ3) is 4.47. The highest BCUT2D eigenvalue weighted by atomic mass is 32.2. The molecule has 0 aromatic heterocycles. The van der Waals surface area contributed by atoms with Crippen LogP contribution >= 0.6 is 0 Å². The molecule has 3 amide bonds. The number of anilines is 1. The molecule has 0 spiro atoms. The lowest BCUT2D eigenvalue weighted by Crippen LogP contribution is -2.45. The Morgan fingerprint density at radius 2 is 1.78 bits per heavy atom. The molecule has 8 nitrogen and oxygen atoms in total. The molecule has 0 aliphatic carbocycles. The topological polar surface area (TPSA) is 104 Å². The number of nitrogens with one attached hydrogen (secondary N) is 1. The zero-order chi connectivity index (χ0) is 20.6. The molecule has 0 bridgehead atoms. The average Bonchev–Trinajstić information content (AvgIpc) is 2.75. The van der Waals surface area contributed by atoms with Crippen molar-refractivity contribution in [2.75, 3.05) is 24.2 Å². The Hall–Kier alpha value is -2.42. The van der Waals surface area contributed by atoms with Gasteiger partial charge in [0.1, 0.15) is 5.54 Å². The van der Waals surface area contributed by atoms with Crippen LogP contribution in [-0.2, 0) is 14.8 Å². The number of nitrogens with zero attached hydrogens (tertiary/aromatic N) is 2. The van der Waals surface area contributed by atoms with Gasteiger partial charge >= 0.3 is 6.03 Å². The average molecular weight is 395 g/mol. The van der Waals surface area contributed by atoms with Crippen molar-refractivity contribution in [1.29, 1.82) is 0 Å². The van der Waals surface area contributed by atoms with Crippen molar-refractivity contribution in [3.63, 3.8) is 0 Å². The van der Waals surface area contributed by atoms with Gasteiger partial charge in [0.15, 0.2) is 5.78 Å². The van der Waals surface area contributed by atoms with Gasteiger partial charge in [-0.15, -0.1) is 0 Å². The molecule has 1 N–H and O–H groups in total. The fraction of sp³-hybridized carbons (Fsp3) is 0.500. The maximum Gasteiger partial charge on any atom is 0.325 e. The van der Waals surface area contributed by atoms with Gasteiger partial charge in [0.25, 0.3) is 5.91 Å². The van der Waals surface area contributed by atoms with Gasteiger partial charge in [-0.1, -0.05) is 13.8 Å². The van der Waals surface area contributed by atoms with Gasteiger partial charge in [0, 0.05) is 12.6 Å². The van der Waals surface area contributed by atoms with Crippen LogP contribution in [0.4, 0.5) is 10.5 Å². The van der Waals surface area contributed by atoms with E-state index in [0.29, 0.717) is 17.7 Å². The van der Waals surface area contributed by atoms with Crippen molar-refractivity contribution in [3.8, 4) is 0 Å². The minimum atomic E-state index is -3.40. The Bertz CT molecular complexity index is 863. The van der Waals surface area contributed by atoms with Crippen LogP contribution in [0.3, 0.4) is 0 Å². The first-order chi connectivity index (χ1) is 12.3. The molecule has 0 saturated carbocycles. The summed E-state index contributed by atoms with van der Waals surface area (Å²) in [5.41, 5.74) is -0.305. The van der Waals surface area contributed by atoms with E-state index in [1.807, 2.05) is 13.8 Å². The Morgan fingerprint density at radius 3 is 2.26 bits per heavy atom. The van der Waals surface area contributed by atoms with Crippen LogP contribution in [0.15, 0.2) is 24.3 Å². The van der Waals surface area contributed by atoms with E-state index < -0.39 is 33.3 Å². The molecule has 27 heavy (non-hydrogen) atoms. The second kappa shape index (κ2) is 7.30. The molecule has 2 rings (SSSR count). The molecule has 1 atom stereocenters. The fourth-order valence-electron chi connectivity index (χ4n) is 3.13. The summed E-state index contributed by atoms with van der Waals surface area (Å²) in [6.07, 6.45) is 1.56. The Kier molecular flexibility index (Phi) is 5.65. The predicted octanol–water partition coefficient (Wildman–Crippen LogP) is 1.62. The predicted molar refractivity (Wildman–Crippen MR) is 102 cm³/mol. The summed E-state index contributed by atoms with van der Waals surface area (Å²) in [6.45, 7) is 5.20. The normalized spacial score (nSPS) is 20.1. The highest BCUT2D eigenvalue weighted by Gasteiger charge is 2.48. The van der Waals surface area contributed by atoms with Gasteiger partial charge in [-0.3, -0.25) is 18.8 Å². The number of hydrogen-bond donors (Lipinski definition) is 1. The van der Waals surface area contributed by atoms with Crippen LogP contribution < -0.4 is 9.62 Å². The van der Waals surface area contributed by atoms with Gasteiger partial charge in [0.2, 0.25) is 10.0 Å². The van der Waals surface area contributed by atoms with Crippen molar-refractivity contribution >= 4 is 33.4 Å². The first-order valence-corrected chi connectivity index (χ1v) is 10.4. The molecular formula is C18H25N3O5S. The standard InChI is InChI=1S/C18H25N3O5S/c1-12(2)10-18(3)16(23)21(17(24)19-18)11-15(22)13-6-8-14(9-7-13)20(4)27(5,25)26/h6-9,12H,10-11H2,1-5H3,(H,19,24)/t18-/m0/s1. The minimum absolute atomic E-state index is 0.203. The molecular weight excluding hydrogens is 370 g/mol. The van der Waals surface area contributed by atoms with E-state index in [1.165, 1.54) is 31.3 Å². The number of amides is 3. The van der Waals surface area contributed by atoms with Crippen LogP contribution in [0.25, 0.3) is 0 Å². The number of hydrogen-bond acceptors (Lipinski definition) is 5. The van der Waals surface area contributed by atoms with Gasteiger partial charge in [-0.25, -0.2) is 13.2 Å². The van der Waals surface area contributed by atoms with Crippen LogP contribution in [0, 0.1) is 5.92 Å². The number of carbonyl (C=O) groups is 3. The van der Waals surface area contributed by atoms with Crippen molar-refractivity contribution in [3.05, 3.63) is 29.8 Å². The quantitative estimate of drug-likeness (QED) is 0.558. The smallest absolute Gasteiger partial charge is 0.323 e. The molecule has 1 aromatic carbocycles. The molecule has 1 fully saturated rings. The van der Waals surface area contributed by atoms with Gasteiger partial charge in [0.05, 0.1) is 18.5 Å². The van der Waals surface area contributed by atoms with E-state index in [2.05, 4.69) is 5.32 Å². The van der Waals surface area contributed by atoms with Crippen molar-refractivity contribution in [2.45, 2.75) is 32.7 Å². The number of rotatable bonds is 7. The Labute approximate surface area is 159 Å². The monoisotopic (exact) mass is 395 g/mol. The van der Waals surface area contributed by atoms with Gasteiger partial charge < -0.3 is 5.32 Å². The fourth-order valence-corrected chi connectivity index (χ4v) is 3.63. The summed E-state index contributed by atoms with van der Waals surface area (Å²) in [5, 5.41) is 2.67. The molecule has 1 heterocycles. The molecule has 0 unspecified atom stereocenters. The molecule has 1 aromatic rings. The molecule has 1 aliphatic rings. The summed E-state index contributed by atoms with van der Waals surface area (Å²) in [5.74, 6) is -0.613. The zero-order valence-electron chi connectivity index (χ0n) is 16.1. The highest BCUT2D eigenvalue weighted by molar-refractivity contribution is 7.92. The summed E-state index contributed by atoms with van der Waals surface area (Å²) < 4.78 is 24.2. The molecule has 1 saturated heterocycles. The summed E-state index contributed by atoms with van der Waals surface area (Å²) >= 11 is 0. The lowest BCUT2D eigenvalue weighted by Gasteiger charge is -2.23. The molecule has 9 heteroatoms. The lowest BCUT2D eigenvalue weighted by atomic mass is 9.91. The van der Waals surface area contributed by atoms with Crippen LogP contribution in [-0.4, -0.2) is 56.4 Å². The summed E-state index contributed by atoms with van der Waals surface area (Å²) in [4.78, 5) is 38.2. The number of Topliss-reactive ketones (excluding diaryl/α,β-unsaturated/α-hetero) is 1. The Balaban J connectivity index is 2.13. The second-order valence-corrected chi connectivity index (χ2v) is 9.47. The minimum Gasteiger partial charge on any atom is -0.323 e. The third-order valence-electron chi connectivity index (χ3n) is 4.51. The van der Waals surface area contributed by atoms with Crippen molar-refractivity contribution in [1.82, 2.24) is 10.2 Å². The highest BCUT2D eigenvalue weighted by Crippen LogP contribution is 2.25. The van der Waals surface area contributed by atoms with E-state index in [0.717, 1.165) is 15.5 Å². The number of urea groups is 1. The maximum absolute atomic E-state index is 12.6. The number of benzene rings is 1. The van der Waals surface area contributed by atoms with E-state index in [4.69, 9.17) is 0 Å². The maximum atomic E-state index is 12.6. The number of carbonyl (C=O) groups excluding carboxylic acids is 3. The van der Waals surface area contributed by atoms with Crippen molar-refractivity contribution in [2.24, 2.45) is 5.92 Å². The molecule has 148 valence electrons. The first kappa shape index (κ1) is 20.9. The van der Waals surface area contributed by atoms with Crippen molar-refractivity contribution < 1.29 is 22.8 Å². The van der Waals surface area contributed by atoms with Crippen LogP contribution in [0.1, 0.15) is 37.6 Å². The first-order valence-electron chi connectivity index (χ1n) is 8.56. The van der Waals surface area contributed by atoms with E-state index in [1.54, 1.807) is 6.92 Å². The largest absolute Gasteiger partial charge is 0.325 e. The summed E-state index contributed by atoms with van der Waals surface area (Å²) in [7, 11) is -1.99. The summed E-state index contributed by atoms with van der Waals surface area (Å²) in [6, 6.07) is 5.38. The van der Waals surface area contributed by atoms with Gasteiger partial charge in [-0.2, -0.15) is 0 Å². The molecule has 0 radical (unpaired) electrons. The van der Waals surface area contributed by atoms with Gasteiger partial charge in [-0.05, 0) is 43.5 Å². The van der Waals surface area contributed by atoms with Crippen LogP contribution in [0.2, 0.25) is 0 Å². The second-order valence-electron chi connectivity index (χ2n) is 7.45. The van der Waals surface area contributed by atoms with E-state index in [9.17, 15) is 22.8 Å². The van der Waals surface area contributed by atoms with E-state index in [-0.39, 0.29) is 12.5 Å². The Morgan fingerprint density at radius 1 is 1.22 bits per heavy atom. The molecule has 1 aliphatic heterocycles. The number of imide groups is 1. The number of sulfonamides is 1. The van der Waals surface area contributed by atoms with E-state index >= 15 is 0 Å².